The summed E-state index contributed by atoms with van der Waals surface area (Å²) >= 11 is 0. The predicted octanol–water partition coefficient (Wildman–Crippen LogP) is 2.67. The maximum absolute atomic E-state index is 12.9. The Balaban J connectivity index is 1.60. The highest BCUT2D eigenvalue weighted by atomic mass is 16.2. The third-order valence-electron chi connectivity index (χ3n) is 6.00. The van der Waals surface area contributed by atoms with Gasteiger partial charge >= 0.3 is 0 Å². The standard InChI is InChI=1S/C18H30N2O2/c1-3-13(4-2)15-9-11-19(12-15)18(22)16-6-5-10-20(16)17(21)14-7-8-14/h13-16H,3-12H2,1-2H3/t15-,16+/m1/s1. The molecule has 0 N–H and O–H groups in total. The van der Waals surface area contributed by atoms with E-state index in [1.54, 1.807) is 0 Å². The number of rotatable bonds is 5. The Kier molecular flexibility index (Phi) is 4.74. The van der Waals surface area contributed by atoms with Crippen LogP contribution < -0.4 is 0 Å². The molecule has 4 nitrogen and oxygen atoms in total. The molecular formula is C18H30N2O2. The zero-order valence-electron chi connectivity index (χ0n) is 14.1. The fourth-order valence-electron chi connectivity index (χ4n) is 4.39. The first kappa shape index (κ1) is 15.8. The molecule has 0 spiro atoms. The van der Waals surface area contributed by atoms with Crippen molar-refractivity contribution in [3.63, 3.8) is 0 Å². The SMILES string of the molecule is CCC(CC)[C@@H]1CCN(C(=O)[C@@H]2CCCN2C(=O)C2CC2)C1. The highest BCUT2D eigenvalue weighted by Crippen LogP contribution is 2.35. The summed E-state index contributed by atoms with van der Waals surface area (Å²) in [5.74, 6) is 2.09. The van der Waals surface area contributed by atoms with E-state index in [9.17, 15) is 9.59 Å². The van der Waals surface area contributed by atoms with Crippen LogP contribution in [-0.2, 0) is 9.59 Å². The van der Waals surface area contributed by atoms with Crippen LogP contribution in [0.5, 0.6) is 0 Å². The summed E-state index contributed by atoms with van der Waals surface area (Å²) in [4.78, 5) is 29.2. The van der Waals surface area contributed by atoms with Gasteiger partial charge in [0, 0.05) is 25.6 Å². The van der Waals surface area contributed by atoms with Gasteiger partial charge in [0.15, 0.2) is 0 Å². The molecule has 0 aromatic heterocycles. The Morgan fingerprint density at radius 3 is 2.36 bits per heavy atom. The molecule has 0 bridgehead atoms. The largest absolute Gasteiger partial charge is 0.341 e. The molecule has 0 aromatic carbocycles. The summed E-state index contributed by atoms with van der Waals surface area (Å²) in [7, 11) is 0. The minimum absolute atomic E-state index is 0.159. The smallest absolute Gasteiger partial charge is 0.245 e. The van der Waals surface area contributed by atoms with Gasteiger partial charge in [0.25, 0.3) is 0 Å². The lowest BCUT2D eigenvalue weighted by molar-refractivity contribution is -0.144. The van der Waals surface area contributed by atoms with Gasteiger partial charge in [-0.1, -0.05) is 26.7 Å². The van der Waals surface area contributed by atoms with Crippen LogP contribution in [0.4, 0.5) is 0 Å². The minimum atomic E-state index is -0.159. The molecule has 3 rings (SSSR count). The monoisotopic (exact) mass is 306 g/mol. The van der Waals surface area contributed by atoms with Crippen LogP contribution in [0.25, 0.3) is 0 Å². The van der Waals surface area contributed by atoms with Crippen molar-refractivity contribution in [3.05, 3.63) is 0 Å². The molecule has 0 aromatic rings. The van der Waals surface area contributed by atoms with Crippen LogP contribution in [0.1, 0.15) is 58.8 Å². The number of amides is 2. The van der Waals surface area contributed by atoms with Crippen LogP contribution >= 0.6 is 0 Å². The average molecular weight is 306 g/mol. The molecule has 2 saturated heterocycles. The number of hydrogen-bond donors (Lipinski definition) is 0. The van der Waals surface area contributed by atoms with Crippen LogP contribution in [0.2, 0.25) is 0 Å². The van der Waals surface area contributed by atoms with Crippen LogP contribution in [0, 0.1) is 17.8 Å². The fraction of sp³-hybridized carbons (Fsp3) is 0.889. The highest BCUT2D eigenvalue weighted by Gasteiger charge is 2.43. The van der Waals surface area contributed by atoms with E-state index >= 15 is 0 Å². The molecule has 3 aliphatic rings. The summed E-state index contributed by atoms with van der Waals surface area (Å²) < 4.78 is 0. The molecule has 4 heteroatoms. The van der Waals surface area contributed by atoms with Gasteiger partial charge in [-0.15, -0.1) is 0 Å². The van der Waals surface area contributed by atoms with Gasteiger partial charge in [0.2, 0.25) is 11.8 Å². The predicted molar refractivity (Wildman–Crippen MR) is 86.2 cm³/mol. The number of carbonyl (C=O) groups is 2. The molecule has 1 aliphatic carbocycles. The van der Waals surface area contributed by atoms with Gasteiger partial charge in [-0.05, 0) is 43.9 Å². The average Bonchev–Trinajstić information content (AvgIpc) is 3.07. The second-order valence-corrected chi connectivity index (χ2v) is 7.37. The van der Waals surface area contributed by atoms with E-state index < -0.39 is 0 Å². The van der Waals surface area contributed by atoms with E-state index in [4.69, 9.17) is 0 Å². The third-order valence-corrected chi connectivity index (χ3v) is 6.00. The van der Waals surface area contributed by atoms with Crippen LogP contribution in [0.15, 0.2) is 0 Å². The third kappa shape index (κ3) is 3.02. The number of carbonyl (C=O) groups excluding carboxylic acids is 2. The highest BCUT2D eigenvalue weighted by molar-refractivity contribution is 5.90. The van der Waals surface area contributed by atoms with Crippen molar-refractivity contribution in [2.75, 3.05) is 19.6 Å². The van der Waals surface area contributed by atoms with Crippen molar-refractivity contribution in [2.24, 2.45) is 17.8 Å². The first-order valence-corrected chi connectivity index (χ1v) is 9.24. The zero-order valence-corrected chi connectivity index (χ0v) is 14.1. The zero-order chi connectivity index (χ0) is 15.7. The normalized spacial score (nSPS) is 28.7. The summed E-state index contributed by atoms with van der Waals surface area (Å²) in [6.45, 7) is 7.10. The molecule has 2 heterocycles. The van der Waals surface area contributed by atoms with Crippen molar-refractivity contribution >= 4 is 11.8 Å². The molecule has 22 heavy (non-hydrogen) atoms. The van der Waals surface area contributed by atoms with E-state index in [0.717, 1.165) is 57.7 Å². The Morgan fingerprint density at radius 2 is 1.73 bits per heavy atom. The van der Waals surface area contributed by atoms with Gasteiger partial charge in [0.05, 0.1) is 0 Å². The van der Waals surface area contributed by atoms with Crippen molar-refractivity contribution in [2.45, 2.75) is 64.8 Å². The van der Waals surface area contributed by atoms with Crippen molar-refractivity contribution in [1.82, 2.24) is 9.80 Å². The maximum Gasteiger partial charge on any atom is 0.245 e. The first-order valence-electron chi connectivity index (χ1n) is 9.24. The molecule has 0 radical (unpaired) electrons. The lowest BCUT2D eigenvalue weighted by Crippen LogP contribution is -2.47. The fourth-order valence-corrected chi connectivity index (χ4v) is 4.39. The molecule has 124 valence electrons. The first-order chi connectivity index (χ1) is 10.7. The van der Waals surface area contributed by atoms with E-state index in [1.807, 2.05) is 9.80 Å². The molecule has 2 atom stereocenters. The van der Waals surface area contributed by atoms with Gasteiger partial charge in [0.1, 0.15) is 6.04 Å². The quantitative estimate of drug-likeness (QED) is 0.783. The summed E-state index contributed by atoms with van der Waals surface area (Å²) in [6.07, 6.45) is 7.45. The number of nitrogens with zero attached hydrogens (tertiary/aromatic N) is 2. The summed E-state index contributed by atoms with van der Waals surface area (Å²) in [5.41, 5.74) is 0. The van der Waals surface area contributed by atoms with Crippen molar-refractivity contribution < 1.29 is 9.59 Å². The molecule has 0 unspecified atom stereocenters. The summed E-state index contributed by atoms with van der Waals surface area (Å²) in [5, 5.41) is 0. The van der Waals surface area contributed by atoms with E-state index in [2.05, 4.69) is 13.8 Å². The lowest BCUT2D eigenvalue weighted by atomic mass is 9.87. The van der Waals surface area contributed by atoms with Gasteiger partial charge in [-0.25, -0.2) is 0 Å². The molecule has 2 amide bonds. The van der Waals surface area contributed by atoms with E-state index in [0.29, 0.717) is 5.92 Å². The second kappa shape index (κ2) is 6.59. The van der Waals surface area contributed by atoms with Crippen LogP contribution in [-0.4, -0.2) is 47.3 Å². The van der Waals surface area contributed by atoms with Crippen molar-refractivity contribution in [1.29, 1.82) is 0 Å². The Labute approximate surface area is 134 Å². The summed E-state index contributed by atoms with van der Waals surface area (Å²) in [6, 6.07) is -0.159. The minimum Gasteiger partial charge on any atom is -0.341 e. The Hall–Kier alpha value is -1.06. The number of hydrogen-bond acceptors (Lipinski definition) is 2. The van der Waals surface area contributed by atoms with E-state index in [-0.39, 0.29) is 23.8 Å². The van der Waals surface area contributed by atoms with Gasteiger partial charge in [-0.2, -0.15) is 0 Å². The Bertz CT molecular complexity index is 429. The molecular weight excluding hydrogens is 276 g/mol. The van der Waals surface area contributed by atoms with Crippen LogP contribution in [0.3, 0.4) is 0 Å². The molecule has 3 fully saturated rings. The topological polar surface area (TPSA) is 40.6 Å². The second-order valence-electron chi connectivity index (χ2n) is 7.37. The number of likely N-dealkylation sites (tertiary alicyclic amines) is 2. The lowest BCUT2D eigenvalue weighted by Gasteiger charge is -2.28. The molecule has 1 saturated carbocycles. The van der Waals surface area contributed by atoms with Gasteiger partial charge < -0.3 is 9.80 Å². The molecule has 2 aliphatic heterocycles. The maximum atomic E-state index is 12.9. The van der Waals surface area contributed by atoms with Crippen molar-refractivity contribution in [3.8, 4) is 0 Å². The van der Waals surface area contributed by atoms with E-state index in [1.165, 1.54) is 12.8 Å². The van der Waals surface area contributed by atoms with Gasteiger partial charge in [-0.3, -0.25) is 9.59 Å². The Morgan fingerprint density at radius 1 is 1.00 bits per heavy atom.